The Balaban J connectivity index is 2.18. The van der Waals surface area contributed by atoms with Crippen molar-refractivity contribution in [2.24, 2.45) is 0 Å². The number of ether oxygens (including phenoxy) is 2. The number of carbonyl (C=O) groups excluding carboxylic acids is 2. The second-order valence-electron chi connectivity index (χ2n) is 7.85. The van der Waals surface area contributed by atoms with Gasteiger partial charge in [0.2, 0.25) is 5.91 Å². The second kappa shape index (κ2) is 11.4. The molecule has 0 saturated carbocycles. The molecule has 0 spiro atoms. The van der Waals surface area contributed by atoms with E-state index < -0.39 is 6.04 Å². The molecular weight excluding hydrogens is 392 g/mol. The van der Waals surface area contributed by atoms with E-state index in [9.17, 15) is 9.59 Å². The van der Waals surface area contributed by atoms with Crippen LogP contribution in [0.4, 0.5) is 0 Å². The van der Waals surface area contributed by atoms with Gasteiger partial charge < -0.3 is 19.7 Å². The Morgan fingerprint density at radius 1 is 1.06 bits per heavy atom. The van der Waals surface area contributed by atoms with Crippen molar-refractivity contribution >= 4 is 11.8 Å². The zero-order valence-electron chi connectivity index (χ0n) is 19.4. The lowest BCUT2D eigenvalue weighted by Crippen LogP contribution is -2.50. The summed E-state index contributed by atoms with van der Waals surface area (Å²) in [5.74, 6) is 0.989. The van der Waals surface area contributed by atoms with E-state index in [0.29, 0.717) is 12.3 Å². The molecule has 2 atom stereocenters. The molecule has 0 fully saturated rings. The Labute approximate surface area is 185 Å². The number of nitrogens with zero attached hydrogens (tertiary/aromatic N) is 1. The summed E-state index contributed by atoms with van der Waals surface area (Å²) in [6, 6.07) is 12.6. The largest absolute Gasteiger partial charge is 0.497 e. The molecule has 0 saturated heterocycles. The maximum absolute atomic E-state index is 13.1. The SMILES string of the molecule is CC[C@@H](C)NC(=O)[C@@H](C)N(Cc1ccc(OC)cc1)C(=O)COc1cccc(C)c1C. The van der Waals surface area contributed by atoms with Crippen LogP contribution in [0.15, 0.2) is 42.5 Å². The molecule has 2 aromatic carbocycles. The van der Waals surface area contributed by atoms with Crippen LogP contribution in [-0.4, -0.2) is 42.5 Å². The van der Waals surface area contributed by atoms with Crippen molar-refractivity contribution in [1.29, 1.82) is 0 Å². The Hall–Kier alpha value is -3.02. The highest BCUT2D eigenvalue weighted by Crippen LogP contribution is 2.21. The fraction of sp³-hybridized carbons (Fsp3) is 0.440. The minimum atomic E-state index is -0.634. The summed E-state index contributed by atoms with van der Waals surface area (Å²) in [4.78, 5) is 27.5. The third-order valence-corrected chi connectivity index (χ3v) is 5.59. The van der Waals surface area contributed by atoms with E-state index in [1.54, 1.807) is 18.9 Å². The van der Waals surface area contributed by atoms with E-state index in [2.05, 4.69) is 5.32 Å². The van der Waals surface area contributed by atoms with Crippen LogP contribution in [-0.2, 0) is 16.1 Å². The average Bonchev–Trinajstić information content (AvgIpc) is 2.77. The van der Waals surface area contributed by atoms with Gasteiger partial charge >= 0.3 is 0 Å². The standard InChI is InChI=1S/C25H34N2O4/c1-7-18(3)26-25(29)20(5)27(15-21-11-13-22(30-6)14-12-21)24(28)16-31-23-10-8-9-17(2)19(23)4/h8-14,18,20H,7,15-16H2,1-6H3,(H,26,29)/t18-,20-/m1/s1. The van der Waals surface area contributed by atoms with E-state index >= 15 is 0 Å². The number of benzene rings is 2. The molecule has 1 N–H and O–H groups in total. The number of amides is 2. The monoisotopic (exact) mass is 426 g/mol. The molecule has 6 nitrogen and oxygen atoms in total. The summed E-state index contributed by atoms with van der Waals surface area (Å²) in [6.07, 6.45) is 0.820. The first kappa shape index (κ1) is 24.3. The highest BCUT2D eigenvalue weighted by molar-refractivity contribution is 5.88. The van der Waals surface area contributed by atoms with Crippen molar-refractivity contribution in [1.82, 2.24) is 10.2 Å². The van der Waals surface area contributed by atoms with Crippen LogP contribution in [0.1, 0.15) is 43.9 Å². The summed E-state index contributed by atoms with van der Waals surface area (Å²) in [5.41, 5.74) is 3.00. The van der Waals surface area contributed by atoms with Gasteiger partial charge in [0.15, 0.2) is 6.61 Å². The number of methoxy groups -OCH3 is 1. The van der Waals surface area contributed by atoms with E-state index in [0.717, 1.165) is 28.9 Å². The molecular formula is C25H34N2O4. The van der Waals surface area contributed by atoms with Crippen LogP contribution in [0.2, 0.25) is 0 Å². The molecule has 0 aliphatic heterocycles. The van der Waals surface area contributed by atoms with Gasteiger partial charge in [0, 0.05) is 12.6 Å². The van der Waals surface area contributed by atoms with E-state index in [4.69, 9.17) is 9.47 Å². The summed E-state index contributed by atoms with van der Waals surface area (Å²) in [5, 5.41) is 2.97. The van der Waals surface area contributed by atoms with Gasteiger partial charge in [0.05, 0.1) is 7.11 Å². The van der Waals surface area contributed by atoms with Crippen molar-refractivity contribution < 1.29 is 19.1 Å². The van der Waals surface area contributed by atoms with Crippen LogP contribution in [0.5, 0.6) is 11.5 Å². The van der Waals surface area contributed by atoms with E-state index in [-0.39, 0.29) is 24.5 Å². The summed E-state index contributed by atoms with van der Waals surface area (Å²) in [6.45, 7) is 9.83. The van der Waals surface area contributed by atoms with Crippen LogP contribution in [0.3, 0.4) is 0 Å². The van der Waals surface area contributed by atoms with Crippen molar-refractivity contribution in [2.75, 3.05) is 13.7 Å². The minimum Gasteiger partial charge on any atom is -0.497 e. The lowest BCUT2D eigenvalue weighted by atomic mass is 10.1. The minimum absolute atomic E-state index is 0.0408. The highest BCUT2D eigenvalue weighted by Gasteiger charge is 2.27. The van der Waals surface area contributed by atoms with Crippen molar-refractivity contribution in [2.45, 2.75) is 59.7 Å². The zero-order chi connectivity index (χ0) is 23.0. The predicted molar refractivity (Wildman–Crippen MR) is 122 cm³/mol. The van der Waals surface area contributed by atoms with Gasteiger partial charge in [-0.3, -0.25) is 9.59 Å². The van der Waals surface area contributed by atoms with Gasteiger partial charge in [-0.15, -0.1) is 0 Å². The third-order valence-electron chi connectivity index (χ3n) is 5.59. The first-order chi connectivity index (χ1) is 14.8. The molecule has 2 rings (SSSR count). The summed E-state index contributed by atoms with van der Waals surface area (Å²) < 4.78 is 11.0. The molecule has 6 heteroatoms. The molecule has 2 aromatic rings. The Kier molecular flexibility index (Phi) is 8.91. The highest BCUT2D eigenvalue weighted by atomic mass is 16.5. The zero-order valence-corrected chi connectivity index (χ0v) is 19.4. The van der Waals surface area contributed by atoms with Gasteiger partial charge in [-0.25, -0.2) is 0 Å². The first-order valence-corrected chi connectivity index (χ1v) is 10.7. The van der Waals surface area contributed by atoms with E-state index in [1.807, 2.05) is 70.2 Å². The lowest BCUT2D eigenvalue weighted by molar-refractivity contribution is -0.142. The van der Waals surface area contributed by atoms with Crippen LogP contribution in [0, 0.1) is 13.8 Å². The molecule has 0 aliphatic carbocycles. The van der Waals surface area contributed by atoms with Crippen molar-refractivity contribution in [3.8, 4) is 11.5 Å². The molecule has 0 aliphatic rings. The number of nitrogens with one attached hydrogen (secondary N) is 1. The number of rotatable bonds is 10. The first-order valence-electron chi connectivity index (χ1n) is 10.7. The Morgan fingerprint density at radius 3 is 2.35 bits per heavy atom. The normalized spacial score (nSPS) is 12.6. The average molecular weight is 427 g/mol. The quantitative estimate of drug-likeness (QED) is 0.623. The fourth-order valence-electron chi connectivity index (χ4n) is 3.08. The maximum atomic E-state index is 13.1. The predicted octanol–water partition coefficient (Wildman–Crippen LogP) is 4.02. The topological polar surface area (TPSA) is 67.9 Å². The molecule has 0 unspecified atom stereocenters. The summed E-state index contributed by atoms with van der Waals surface area (Å²) in [7, 11) is 1.61. The van der Waals surface area contributed by atoms with Crippen LogP contribution in [0.25, 0.3) is 0 Å². The molecule has 168 valence electrons. The smallest absolute Gasteiger partial charge is 0.261 e. The fourth-order valence-corrected chi connectivity index (χ4v) is 3.08. The van der Waals surface area contributed by atoms with Gasteiger partial charge in [0.25, 0.3) is 5.91 Å². The lowest BCUT2D eigenvalue weighted by Gasteiger charge is -2.29. The molecule has 2 amide bonds. The number of hydrogen-bond acceptors (Lipinski definition) is 4. The molecule has 0 radical (unpaired) electrons. The van der Waals surface area contributed by atoms with Gasteiger partial charge in [-0.2, -0.15) is 0 Å². The molecule has 31 heavy (non-hydrogen) atoms. The van der Waals surface area contributed by atoms with Crippen LogP contribution >= 0.6 is 0 Å². The van der Waals surface area contributed by atoms with Crippen LogP contribution < -0.4 is 14.8 Å². The molecule has 0 bridgehead atoms. The van der Waals surface area contributed by atoms with Gasteiger partial charge in [-0.1, -0.05) is 31.2 Å². The second-order valence-corrected chi connectivity index (χ2v) is 7.85. The molecule has 0 aromatic heterocycles. The molecule has 0 heterocycles. The van der Waals surface area contributed by atoms with E-state index in [1.165, 1.54) is 0 Å². The number of carbonyl (C=O) groups is 2. The maximum Gasteiger partial charge on any atom is 0.261 e. The number of aryl methyl sites for hydroxylation is 1. The van der Waals surface area contributed by atoms with Crippen molar-refractivity contribution in [3.05, 3.63) is 59.2 Å². The third kappa shape index (κ3) is 6.74. The Bertz CT molecular complexity index is 880. The summed E-state index contributed by atoms with van der Waals surface area (Å²) >= 11 is 0. The van der Waals surface area contributed by atoms with Gasteiger partial charge in [-0.05, 0) is 69.0 Å². The van der Waals surface area contributed by atoms with Gasteiger partial charge in [0.1, 0.15) is 17.5 Å². The number of hydrogen-bond donors (Lipinski definition) is 1. The Morgan fingerprint density at radius 2 is 1.74 bits per heavy atom. The van der Waals surface area contributed by atoms with Crippen molar-refractivity contribution in [3.63, 3.8) is 0 Å².